The Balaban J connectivity index is 1.92. The molecular formula is C14H19ClN4O2. The number of hydrogen-bond acceptors (Lipinski definition) is 4. The zero-order valence-electron chi connectivity index (χ0n) is 11.9. The number of hydrogen-bond donors (Lipinski definition) is 2. The molecule has 6 nitrogen and oxygen atoms in total. The summed E-state index contributed by atoms with van der Waals surface area (Å²) in [7, 11) is 1.73. The molecule has 2 heterocycles. The van der Waals surface area contributed by atoms with Crippen LogP contribution in [0.4, 0.5) is 5.82 Å². The number of likely N-dealkylation sites (N-methyl/N-ethyl adjacent to an activating group) is 1. The van der Waals surface area contributed by atoms with Crippen molar-refractivity contribution in [2.75, 3.05) is 32.0 Å². The summed E-state index contributed by atoms with van der Waals surface area (Å²) in [5.41, 5.74) is 0. The Morgan fingerprint density at radius 1 is 1.48 bits per heavy atom. The second-order valence-electron chi connectivity index (χ2n) is 5.06. The number of likely N-dealkylation sites (tertiary alicyclic amines) is 1. The van der Waals surface area contributed by atoms with Gasteiger partial charge in [0.05, 0.1) is 17.5 Å². The Bertz CT molecular complexity index is 506. The molecule has 1 atom stereocenters. The molecule has 114 valence electrons. The minimum atomic E-state index is -0.197. The van der Waals surface area contributed by atoms with Crippen molar-refractivity contribution in [2.45, 2.75) is 12.8 Å². The summed E-state index contributed by atoms with van der Waals surface area (Å²) in [6.07, 6.45) is 3.10. The van der Waals surface area contributed by atoms with Gasteiger partial charge >= 0.3 is 0 Å². The number of rotatable bonds is 4. The van der Waals surface area contributed by atoms with Crippen molar-refractivity contribution in [2.24, 2.45) is 5.92 Å². The topological polar surface area (TPSA) is 74.3 Å². The molecule has 7 heteroatoms. The third kappa shape index (κ3) is 4.41. The van der Waals surface area contributed by atoms with Crippen LogP contribution in [0.5, 0.6) is 0 Å². The molecule has 1 aromatic heterocycles. The van der Waals surface area contributed by atoms with Crippen LogP contribution in [0.1, 0.15) is 12.8 Å². The Morgan fingerprint density at radius 2 is 2.29 bits per heavy atom. The highest BCUT2D eigenvalue weighted by molar-refractivity contribution is 6.30. The van der Waals surface area contributed by atoms with Crippen LogP contribution in [0, 0.1) is 5.92 Å². The molecule has 0 radical (unpaired) electrons. The maximum Gasteiger partial charge on any atom is 0.236 e. The van der Waals surface area contributed by atoms with Crippen LogP contribution in [-0.2, 0) is 9.59 Å². The average Bonchev–Trinajstić information content (AvgIpc) is 2.50. The fourth-order valence-electron chi connectivity index (χ4n) is 2.36. The van der Waals surface area contributed by atoms with Gasteiger partial charge in [0.15, 0.2) is 0 Å². The maximum absolute atomic E-state index is 12.2. The number of carbonyl (C=O) groups excluding carboxylic acids is 2. The first-order valence-electron chi connectivity index (χ1n) is 6.95. The zero-order valence-corrected chi connectivity index (χ0v) is 12.7. The fraction of sp³-hybridized carbons (Fsp3) is 0.500. The van der Waals surface area contributed by atoms with Crippen molar-refractivity contribution in [3.63, 3.8) is 0 Å². The highest BCUT2D eigenvalue weighted by Gasteiger charge is 2.28. The van der Waals surface area contributed by atoms with Gasteiger partial charge in [-0.25, -0.2) is 4.98 Å². The largest absolute Gasteiger partial charge is 0.341 e. The Kier molecular flexibility index (Phi) is 5.52. The zero-order chi connectivity index (χ0) is 15.2. The third-order valence-corrected chi connectivity index (χ3v) is 3.68. The molecule has 0 spiro atoms. The van der Waals surface area contributed by atoms with Crippen molar-refractivity contribution in [3.8, 4) is 0 Å². The van der Waals surface area contributed by atoms with Crippen LogP contribution in [0.25, 0.3) is 0 Å². The van der Waals surface area contributed by atoms with Gasteiger partial charge in [-0.2, -0.15) is 0 Å². The quantitative estimate of drug-likeness (QED) is 0.874. The van der Waals surface area contributed by atoms with E-state index in [9.17, 15) is 9.59 Å². The van der Waals surface area contributed by atoms with Gasteiger partial charge in [0.25, 0.3) is 0 Å². The van der Waals surface area contributed by atoms with E-state index in [2.05, 4.69) is 15.6 Å². The first-order valence-corrected chi connectivity index (χ1v) is 7.32. The summed E-state index contributed by atoms with van der Waals surface area (Å²) in [5.74, 6) is 0.200. The van der Waals surface area contributed by atoms with Crippen LogP contribution in [0.15, 0.2) is 18.3 Å². The molecule has 2 N–H and O–H groups in total. The lowest BCUT2D eigenvalue weighted by Gasteiger charge is -2.32. The number of nitrogens with one attached hydrogen (secondary N) is 2. The van der Waals surface area contributed by atoms with E-state index in [0.717, 1.165) is 12.8 Å². The number of anilines is 1. The fourth-order valence-corrected chi connectivity index (χ4v) is 2.47. The smallest absolute Gasteiger partial charge is 0.236 e. The van der Waals surface area contributed by atoms with Gasteiger partial charge in [-0.15, -0.1) is 0 Å². The van der Waals surface area contributed by atoms with E-state index in [1.54, 1.807) is 24.1 Å². The lowest BCUT2D eigenvalue weighted by Crippen LogP contribution is -2.46. The van der Waals surface area contributed by atoms with Crippen LogP contribution in [0.3, 0.4) is 0 Å². The minimum absolute atomic E-state index is 0.0274. The molecule has 1 unspecified atom stereocenters. The Labute approximate surface area is 128 Å². The number of carbonyl (C=O) groups is 2. The van der Waals surface area contributed by atoms with Crippen molar-refractivity contribution < 1.29 is 9.59 Å². The molecule has 1 saturated heterocycles. The molecular weight excluding hydrogens is 292 g/mol. The van der Waals surface area contributed by atoms with E-state index >= 15 is 0 Å². The molecule has 1 aliphatic heterocycles. The third-order valence-electron chi connectivity index (χ3n) is 3.45. The Morgan fingerprint density at radius 3 is 2.95 bits per heavy atom. The van der Waals surface area contributed by atoms with Crippen molar-refractivity contribution >= 4 is 29.2 Å². The molecule has 1 fully saturated rings. The first-order chi connectivity index (χ1) is 10.1. The van der Waals surface area contributed by atoms with Crippen LogP contribution >= 0.6 is 11.6 Å². The predicted molar refractivity (Wildman–Crippen MR) is 81.1 cm³/mol. The number of amides is 2. The van der Waals surface area contributed by atoms with E-state index in [-0.39, 0.29) is 17.7 Å². The molecule has 0 aromatic carbocycles. The van der Waals surface area contributed by atoms with Gasteiger partial charge < -0.3 is 15.5 Å². The lowest BCUT2D eigenvalue weighted by atomic mass is 9.97. The van der Waals surface area contributed by atoms with Crippen molar-refractivity contribution in [1.29, 1.82) is 0 Å². The van der Waals surface area contributed by atoms with Gasteiger partial charge in [-0.1, -0.05) is 11.6 Å². The van der Waals surface area contributed by atoms with Crippen molar-refractivity contribution in [3.05, 3.63) is 23.4 Å². The summed E-state index contributed by atoms with van der Waals surface area (Å²) in [4.78, 5) is 29.9. The second kappa shape index (κ2) is 7.38. The van der Waals surface area contributed by atoms with E-state index in [4.69, 9.17) is 11.6 Å². The van der Waals surface area contributed by atoms with Gasteiger partial charge in [0, 0.05) is 19.3 Å². The van der Waals surface area contributed by atoms with Crippen LogP contribution in [-0.4, -0.2) is 48.4 Å². The highest BCUT2D eigenvalue weighted by atomic mass is 35.5. The number of aromatic nitrogens is 1. The Hall–Kier alpha value is -1.66. The highest BCUT2D eigenvalue weighted by Crippen LogP contribution is 2.18. The number of pyridine rings is 1. The van der Waals surface area contributed by atoms with Gasteiger partial charge in [-0.05, 0) is 32.0 Å². The van der Waals surface area contributed by atoms with Crippen molar-refractivity contribution in [1.82, 2.24) is 15.2 Å². The number of piperidine rings is 1. The molecule has 1 aliphatic rings. The summed E-state index contributed by atoms with van der Waals surface area (Å²) >= 11 is 5.76. The second-order valence-corrected chi connectivity index (χ2v) is 5.50. The lowest BCUT2D eigenvalue weighted by molar-refractivity contribution is -0.133. The maximum atomic E-state index is 12.2. The van der Waals surface area contributed by atoms with Crippen LogP contribution in [0.2, 0.25) is 5.02 Å². The van der Waals surface area contributed by atoms with E-state index in [1.807, 2.05) is 0 Å². The molecule has 0 bridgehead atoms. The van der Waals surface area contributed by atoms with E-state index < -0.39 is 0 Å². The van der Waals surface area contributed by atoms with Gasteiger partial charge in [0.2, 0.25) is 11.8 Å². The molecule has 2 amide bonds. The summed E-state index contributed by atoms with van der Waals surface area (Å²) in [6.45, 7) is 1.47. The molecule has 0 aliphatic carbocycles. The minimum Gasteiger partial charge on any atom is -0.341 e. The first kappa shape index (κ1) is 15.7. The predicted octanol–water partition coefficient (Wildman–Crippen LogP) is 1.13. The summed E-state index contributed by atoms with van der Waals surface area (Å²) in [6, 6.07) is 3.33. The van der Waals surface area contributed by atoms with Crippen LogP contribution < -0.4 is 10.6 Å². The number of halogens is 1. The molecule has 0 saturated carbocycles. The van der Waals surface area contributed by atoms with Gasteiger partial charge in [-0.3, -0.25) is 9.59 Å². The normalized spacial score (nSPS) is 18.4. The molecule has 1 aromatic rings. The molecule has 21 heavy (non-hydrogen) atoms. The SMILES string of the molecule is CNCC(=O)N1CCCC(C(=O)Nc2ccc(Cl)cn2)C1. The number of nitrogens with zero attached hydrogens (tertiary/aromatic N) is 2. The standard InChI is InChI=1S/C14H19ClN4O2/c1-16-8-13(20)19-6-2-3-10(9-19)14(21)18-12-5-4-11(15)7-17-12/h4-5,7,10,16H,2-3,6,8-9H2,1H3,(H,17,18,21). The summed E-state index contributed by atoms with van der Waals surface area (Å²) < 4.78 is 0. The monoisotopic (exact) mass is 310 g/mol. The summed E-state index contributed by atoms with van der Waals surface area (Å²) in [5, 5.41) is 6.13. The van der Waals surface area contributed by atoms with Gasteiger partial charge in [0.1, 0.15) is 5.82 Å². The van der Waals surface area contributed by atoms with E-state index in [1.165, 1.54) is 6.20 Å². The average molecular weight is 311 g/mol. The molecule has 2 rings (SSSR count). The van der Waals surface area contributed by atoms with E-state index in [0.29, 0.717) is 30.5 Å².